The van der Waals surface area contributed by atoms with Crippen molar-refractivity contribution in [3.63, 3.8) is 0 Å². The molecule has 6 heteroatoms. The van der Waals surface area contributed by atoms with Gasteiger partial charge in [-0.15, -0.1) is 0 Å². The fourth-order valence-electron chi connectivity index (χ4n) is 2.65. The average molecular weight is 420 g/mol. The Morgan fingerprint density at radius 2 is 1.64 bits per heavy atom. The largest absolute Gasteiger partial charge is 0.497 e. The van der Waals surface area contributed by atoms with Gasteiger partial charge in [-0.3, -0.25) is 4.79 Å². The van der Waals surface area contributed by atoms with Gasteiger partial charge in [-0.05, 0) is 60.0 Å². The molecule has 0 amide bonds. The zero-order valence-electron chi connectivity index (χ0n) is 15.9. The van der Waals surface area contributed by atoms with Crippen molar-refractivity contribution < 1.29 is 14.6 Å². The molecule has 0 aliphatic carbocycles. The summed E-state index contributed by atoms with van der Waals surface area (Å²) in [6.07, 6.45) is 0. The van der Waals surface area contributed by atoms with Crippen LogP contribution in [0.2, 0.25) is 10.0 Å². The van der Waals surface area contributed by atoms with Gasteiger partial charge in [0.1, 0.15) is 5.75 Å². The van der Waals surface area contributed by atoms with Crippen LogP contribution in [0.3, 0.4) is 0 Å². The predicted octanol–water partition coefficient (Wildman–Crippen LogP) is 6.05. The summed E-state index contributed by atoms with van der Waals surface area (Å²) >= 11 is 11.6. The van der Waals surface area contributed by atoms with E-state index in [0.717, 1.165) is 27.6 Å². The second kappa shape index (κ2) is 9.78. The van der Waals surface area contributed by atoms with E-state index in [-0.39, 0.29) is 6.04 Å². The zero-order valence-corrected chi connectivity index (χ0v) is 17.5. The molecule has 0 radical (unpaired) electrons. The van der Waals surface area contributed by atoms with Crippen LogP contribution < -0.4 is 10.5 Å². The van der Waals surface area contributed by atoms with Crippen LogP contribution in [0.25, 0.3) is 10.8 Å². The van der Waals surface area contributed by atoms with E-state index in [9.17, 15) is 4.79 Å². The van der Waals surface area contributed by atoms with Crippen LogP contribution >= 0.6 is 23.2 Å². The van der Waals surface area contributed by atoms with Gasteiger partial charge in [0.15, 0.2) is 0 Å². The van der Waals surface area contributed by atoms with E-state index in [1.54, 1.807) is 26.2 Å². The molecule has 0 aromatic heterocycles. The molecule has 28 heavy (non-hydrogen) atoms. The van der Waals surface area contributed by atoms with Crippen LogP contribution in [0.15, 0.2) is 54.6 Å². The van der Waals surface area contributed by atoms with E-state index in [4.69, 9.17) is 38.8 Å². The number of hydrogen-bond donors (Lipinski definition) is 2. The minimum absolute atomic E-state index is 0.0419. The monoisotopic (exact) mass is 419 g/mol. The van der Waals surface area contributed by atoms with Gasteiger partial charge in [-0.25, -0.2) is 0 Å². The highest BCUT2D eigenvalue weighted by Gasteiger charge is 2.13. The summed E-state index contributed by atoms with van der Waals surface area (Å²) in [7, 11) is 1.63. The summed E-state index contributed by atoms with van der Waals surface area (Å²) in [4.78, 5) is 10.9. The molecule has 0 spiro atoms. The molecule has 2 atom stereocenters. The Hall–Kier alpha value is -2.27. The second-order valence-electron chi connectivity index (χ2n) is 6.49. The highest BCUT2D eigenvalue weighted by Crippen LogP contribution is 2.25. The fraction of sp³-hybridized carbons (Fsp3) is 0.227. The number of halogens is 2. The Morgan fingerprint density at radius 3 is 2.21 bits per heavy atom. The maximum absolute atomic E-state index is 10.9. The first-order chi connectivity index (χ1) is 13.2. The number of carboxylic acid groups (broad SMARTS) is 1. The lowest BCUT2D eigenvalue weighted by Crippen LogP contribution is -2.06. The number of hydrogen-bond acceptors (Lipinski definition) is 3. The maximum atomic E-state index is 10.9. The molecule has 0 aliphatic heterocycles. The molecule has 0 saturated carbocycles. The Morgan fingerprint density at radius 1 is 1.00 bits per heavy atom. The van der Waals surface area contributed by atoms with Crippen LogP contribution in [-0.4, -0.2) is 18.2 Å². The number of fused-ring (bicyclic) bond motifs is 1. The van der Waals surface area contributed by atoms with Gasteiger partial charge in [0.25, 0.3) is 0 Å². The van der Waals surface area contributed by atoms with E-state index in [1.807, 2.05) is 49.4 Å². The van der Waals surface area contributed by atoms with E-state index < -0.39 is 11.9 Å². The maximum Gasteiger partial charge on any atom is 0.310 e. The van der Waals surface area contributed by atoms with Crippen molar-refractivity contribution in [3.8, 4) is 5.75 Å². The lowest BCUT2D eigenvalue weighted by molar-refractivity contribution is -0.138. The highest BCUT2D eigenvalue weighted by molar-refractivity contribution is 6.35. The van der Waals surface area contributed by atoms with Crippen LogP contribution in [0.5, 0.6) is 5.75 Å². The van der Waals surface area contributed by atoms with E-state index in [0.29, 0.717) is 10.0 Å². The van der Waals surface area contributed by atoms with Crippen molar-refractivity contribution in [2.24, 2.45) is 5.73 Å². The smallest absolute Gasteiger partial charge is 0.310 e. The lowest BCUT2D eigenvalue weighted by Gasteiger charge is -2.08. The molecule has 0 bridgehead atoms. The zero-order chi connectivity index (χ0) is 20.8. The SMILES string of the molecule is COc1ccc2cc([C@@H](C)C(=O)O)ccc2c1.C[C@H](N)c1ccc(Cl)cc1Cl. The fourth-order valence-corrected chi connectivity index (χ4v) is 3.23. The number of carbonyl (C=O) groups is 1. The third-order valence-corrected chi connectivity index (χ3v) is 4.96. The van der Waals surface area contributed by atoms with Crippen molar-refractivity contribution in [2.75, 3.05) is 7.11 Å². The lowest BCUT2D eigenvalue weighted by atomic mass is 9.98. The normalized spacial score (nSPS) is 12.6. The predicted molar refractivity (Wildman–Crippen MR) is 116 cm³/mol. The first-order valence-corrected chi connectivity index (χ1v) is 9.49. The molecule has 3 N–H and O–H groups in total. The summed E-state index contributed by atoms with van der Waals surface area (Å²) in [5.74, 6) is -0.490. The summed E-state index contributed by atoms with van der Waals surface area (Å²) < 4.78 is 5.14. The molecule has 0 aliphatic rings. The minimum atomic E-state index is -0.808. The van der Waals surface area contributed by atoms with Gasteiger partial charge in [-0.1, -0.05) is 53.5 Å². The Kier molecular flexibility index (Phi) is 7.69. The van der Waals surface area contributed by atoms with Gasteiger partial charge < -0.3 is 15.6 Å². The molecule has 3 aromatic rings. The van der Waals surface area contributed by atoms with Crippen molar-refractivity contribution in [2.45, 2.75) is 25.8 Å². The van der Waals surface area contributed by atoms with Crippen molar-refractivity contribution in [1.29, 1.82) is 0 Å². The molecule has 0 saturated heterocycles. The van der Waals surface area contributed by atoms with Crippen molar-refractivity contribution in [3.05, 3.63) is 75.8 Å². The number of methoxy groups -OCH3 is 1. The third-order valence-electron chi connectivity index (χ3n) is 4.39. The number of nitrogens with two attached hydrogens (primary N) is 1. The van der Waals surface area contributed by atoms with Crippen LogP contribution in [0, 0.1) is 0 Å². The van der Waals surface area contributed by atoms with Crippen LogP contribution in [0.4, 0.5) is 0 Å². The Labute approximate surface area is 174 Å². The average Bonchev–Trinajstić information content (AvgIpc) is 2.66. The van der Waals surface area contributed by atoms with Crippen LogP contribution in [-0.2, 0) is 4.79 Å². The van der Waals surface area contributed by atoms with Gasteiger partial charge in [-0.2, -0.15) is 0 Å². The number of ether oxygens (including phenoxy) is 1. The first-order valence-electron chi connectivity index (χ1n) is 8.74. The number of benzene rings is 3. The molecular formula is C22H23Cl2NO3. The van der Waals surface area contributed by atoms with Crippen LogP contribution in [0.1, 0.15) is 36.9 Å². The number of rotatable bonds is 4. The molecule has 3 rings (SSSR count). The quantitative estimate of drug-likeness (QED) is 0.539. The first kappa shape index (κ1) is 22.0. The van der Waals surface area contributed by atoms with Crippen molar-refractivity contribution in [1.82, 2.24) is 0 Å². The Balaban J connectivity index is 0.000000221. The van der Waals surface area contributed by atoms with Gasteiger partial charge in [0.05, 0.1) is 13.0 Å². The minimum Gasteiger partial charge on any atom is -0.497 e. The summed E-state index contributed by atoms with van der Waals surface area (Å²) in [6.45, 7) is 3.57. The number of aliphatic carboxylic acids is 1. The van der Waals surface area contributed by atoms with Gasteiger partial charge in [0, 0.05) is 16.1 Å². The molecular weight excluding hydrogens is 397 g/mol. The van der Waals surface area contributed by atoms with Gasteiger partial charge in [0.2, 0.25) is 0 Å². The van der Waals surface area contributed by atoms with E-state index >= 15 is 0 Å². The third kappa shape index (κ3) is 5.61. The molecule has 0 fully saturated rings. The topological polar surface area (TPSA) is 72.5 Å². The molecule has 0 heterocycles. The Bertz CT molecular complexity index is 973. The van der Waals surface area contributed by atoms with E-state index in [2.05, 4.69) is 0 Å². The summed E-state index contributed by atoms with van der Waals surface area (Å²) in [5, 5.41) is 12.3. The standard InChI is InChI=1S/C14H14O3.C8H9Cl2N/c1-9(14(15)16)10-3-4-12-8-13(17-2)6-5-11(12)7-10;1-5(11)7-3-2-6(9)4-8(7)10/h3-9H,1-2H3,(H,15,16);2-5H,11H2,1H3/t9-;5-/m10/s1. The number of carboxylic acids is 1. The second-order valence-corrected chi connectivity index (χ2v) is 7.33. The molecule has 0 unspecified atom stereocenters. The summed E-state index contributed by atoms with van der Waals surface area (Å²) in [6, 6.07) is 16.7. The van der Waals surface area contributed by atoms with Gasteiger partial charge >= 0.3 is 5.97 Å². The highest BCUT2D eigenvalue weighted by atomic mass is 35.5. The van der Waals surface area contributed by atoms with E-state index in [1.165, 1.54) is 0 Å². The molecule has 3 aromatic carbocycles. The molecule has 148 valence electrons. The van der Waals surface area contributed by atoms with Crippen molar-refractivity contribution >= 4 is 39.9 Å². The summed E-state index contributed by atoms with van der Waals surface area (Å²) in [5.41, 5.74) is 7.38. The molecule has 4 nitrogen and oxygen atoms in total.